The van der Waals surface area contributed by atoms with Crippen LogP contribution in [-0.2, 0) is 0 Å². The summed E-state index contributed by atoms with van der Waals surface area (Å²) in [6, 6.07) is 4.71. The molecule has 1 fully saturated rings. The minimum atomic E-state index is 0.581. The summed E-state index contributed by atoms with van der Waals surface area (Å²) in [5.74, 6) is 1.74. The van der Waals surface area contributed by atoms with Gasteiger partial charge in [0.05, 0.1) is 6.26 Å². The second-order valence-corrected chi connectivity index (χ2v) is 4.16. The quantitative estimate of drug-likeness (QED) is 0.730. The number of hydrogen-bond donors (Lipinski definition) is 1. The number of rotatable bonds is 2. The van der Waals surface area contributed by atoms with Gasteiger partial charge in [0, 0.05) is 12.0 Å². The molecule has 1 aliphatic rings. The number of likely N-dealkylation sites (N-methyl/N-ethyl adjacent to an activating group) is 1. The Labute approximate surface area is 85.7 Å². The first-order valence-electron chi connectivity index (χ1n) is 5.62. The van der Waals surface area contributed by atoms with Gasteiger partial charge in [0.15, 0.2) is 0 Å². The summed E-state index contributed by atoms with van der Waals surface area (Å²) in [6.07, 6.45) is 8.38. The Kier molecular flexibility index (Phi) is 3.25. The molecule has 2 unspecified atom stereocenters. The van der Waals surface area contributed by atoms with Crippen molar-refractivity contribution < 1.29 is 4.42 Å². The molecule has 1 N–H and O–H groups in total. The minimum Gasteiger partial charge on any atom is -0.469 e. The highest BCUT2D eigenvalue weighted by molar-refractivity contribution is 5.09. The maximum absolute atomic E-state index is 5.52. The van der Waals surface area contributed by atoms with Gasteiger partial charge in [-0.15, -0.1) is 0 Å². The summed E-state index contributed by atoms with van der Waals surface area (Å²) in [5.41, 5.74) is 0. The maximum atomic E-state index is 5.52. The summed E-state index contributed by atoms with van der Waals surface area (Å²) >= 11 is 0. The third-order valence-corrected chi connectivity index (χ3v) is 3.30. The largest absolute Gasteiger partial charge is 0.469 e. The van der Waals surface area contributed by atoms with E-state index in [1.807, 2.05) is 6.07 Å². The van der Waals surface area contributed by atoms with Crippen molar-refractivity contribution in [1.82, 2.24) is 5.32 Å². The molecule has 0 radical (unpaired) electrons. The first-order chi connectivity index (χ1) is 6.92. The Hall–Kier alpha value is -0.760. The first-order valence-corrected chi connectivity index (χ1v) is 5.62. The van der Waals surface area contributed by atoms with Crippen molar-refractivity contribution in [2.45, 2.75) is 44.1 Å². The highest BCUT2D eigenvalue weighted by Crippen LogP contribution is 2.31. The third kappa shape index (κ3) is 2.01. The van der Waals surface area contributed by atoms with E-state index in [1.165, 1.54) is 32.1 Å². The molecule has 14 heavy (non-hydrogen) atoms. The second kappa shape index (κ2) is 4.65. The van der Waals surface area contributed by atoms with Crippen molar-refractivity contribution in [2.24, 2.45) is 0 Å². The average molecular weight is 193 g/mol. The molecular formula is C12H19NO. The van der Waals surface area contributed by atoms with E-state index in [1.54, 1.807) is 6.26 Å². The molecule has 0 aromatic carbocycles. The molecule has 0 amide bonds. The normalized spacial score (nSPS) is 28.6. The summed E-state index contributed by atoms with van der Waals surface area (Å²) in [4.78, 5) is 0. The molecule has 0 spiro atoms. The number of hydrogen-bond acceptors (Lipinski definition) is 2. The van der Waals surface area contributed by atoms with Crippen LogP contribution in [-0.4, -0.2) is 13.1 Å². The Morgan fingerprint density at radius 3 is 2.86 bits per heavy atom. The van der Waals surface area contributed by atoms with E-state index in [4.69, 9.17) is 4.42 Å². The lowest BCUT2D eigenvalue weighted by molar-refractivity contribution is 0.370. The molecule has 2 heteroatoms. The Morgan fingerprint density at radius 2 is 2.14 bits per heavy atom. The summed E-state index contributed by atoms with van der Waals surface area (Å²) in [7, 11) is 2.06. The van der Waals surface area contributed by atoms with Gasteiger partial charge in [-0.2, -0.15) is 0 Å². The lowest BCUT2D eigenvalue weighted by atomic mass is 9.92. The molecule has 0 aliphatic heterocycles. The number of furan rings is 1. The molecule has 1 aromatic heterocycles. The fraction of sp³-hybridized carbons (Fsp3) is 0.667. The van der Waals surface area contributed by atoms with Crippen LogP contribution >= 0.6 is 0 Å². The summed E-state index contributed by atoms with van der Waals surface area (Å²) < 4.78 is 5.52. The lowest BCUT2D eigenvalue weighted by Gasteiger charge is -2.22. The average Bonchev–Trinajstić information content (AvgIpc) is 2.63. The van der Waals surface area contributed by atoms with E-state index >= 15 is 0 Å². The smallest absolute Gasteiger partial charge is 0.108 e. The van der Waals surface area contributed by atoms with E-state index in [2.05, 4.69) is 18.4 Å². The summed E-state index contributed by atoms with van der Waals surface area (Å²) in [5, 5.41) is 3.42. The van der Waals surface area contributed by atoms with Crippen molar-refractivity contribution in [3.05, 3.63) is 24.2 Å². The van der Waals surface area contributed by atoms with Gasteiger partial charge in [0.1, 0.15) is 5.76 Å². The molecule has 1 aromatic rings. The van der Waals surface area contributed by atoms with Crippen LogP contribution in [0.3, 0.4) is 0 Å². The van der Waals surface area contributed by atoms with Crippen LogP contribution in [0.5, 0.6) is 0 Å². The van der Waals surface area contributed by atoms with Gasteiger partial charge in [-0.25, -0.2) is 0 Å². The zero-order chi connectivity index (χ0) is 9.80. The molecular weight excluding hydrogens is 174 g/mol. The Bertz CT molecular complexity index is 255. The molecule has 2 atom stereocenters. The number of nitrogens with one attached hydrogen (secondary N) is 1. The molecule has 78 valence electrons. The predicted octanol–water partition coefficient (Wildman–Crippen LogP) is 2.92. The van der Waals surface area contributed by atoms with E-state index in [0.29, 0.717) is 12.0 Å². The van der Waals surface area contributed by atoms with Crippen LogP contribution in [0.25, 0.3) is 0 Å². The molecule has 2 nitrogen and oxygen atoms in total. The van der Waals surface area contributed by atoms with Crippen molar-refractivity contribution >= 4 is 0 Å². The molecule has 1 saturated carbocycles. The minimum absolute atomic E-state index is 0.581. The molecule has 1 heterocycles. The van der Waals surface area contributed by atoms with Gasteiger partial charge >= 0.3 is 0 Å². The standard InChI is InChI=1S/C12H19NO/c1-13-11-7-4-2-3-6-10(11)12-8-5-9-14-12/h5,8-11,13H,2-4,6-7H2,1H3. The van der Waals surface area contributed by atoms with E-state index < -0.39 is 0 Å². The van der Waals surface area contributed by atoms with Gasteiger partial charge in [-0.1, -0.05) is 19.3 Å². The predicted molar refractivity (Wildman–Crippen MR) is 57.4 cm³/mol. The van der Waals surface area contributed by atoms with Gasteiger partial charge in [0.25, 0.3) is 0 Å². The monoisotopic (exact) mass is 193 g/mol. The zero-order valence-corrected chi connectivity index (χ0v) is 8.83. The van der Waals surface area contributed by atoms with Crippen molar-refractivity contribution in [3.8, 4) is 0 Å². The van der Waals surface area contributed by atoms with Crippen molar-refractivity contribution in [3.63, 3.8) is 0 Å². The lowest BCUT2D eigenvalue weighted by Crippen LogP contribution is -2.30. The van der Waals surface area contributed by atoms with Crippen LogP contribution in [0, 0.1) is 0 Å². The van der Waals surface area contributed by atoms with E-state index in [-0.39, 0.29) is 0 Å². The van der Waals surface area contributed by atoms with Crippen LogP contribution in [0.1, 0.15) is 43.8 Å². The zero-order valence-electron chi connectivity index (χ0n) is 8.83. The molecule has 1 aliphatic carbocycles. The fourth-order valence-corrected chi connectivity index (χ4v) is 2.50. The highest BCUT2D eigenvalue weighted by Gasteiger charge is 2.25. The highest BCUT2D eigenvalue weighted by atomic mass is 16.3. The molecule has 0 bridgehead atoms. The van der Waals surface area contributed by atoms with Crippen molar-refractivity contribution in [1.29, 1.82) is 0 Å². The molecule has 2 rings (SSSR count). The SMILES string of the molecule is CNC1CCCCCC1c1ccco1. The van der Waals surface area contributed by atoms with Crippen LogP contribution in [0.2, 0.25) is 0 Å². The summed E-state index contributed by atoms with van der Waals surface area (Å²) in [6.45, 7) is 0. The van der Waals surface area contributed by atoms with Crippen molar-refractivity contribution in [2.75, 3.05) is 7.05 Å². The topological polar surface area (TPSA) is 25.2 Å². The third-order valence-electron chi connectivity index (χ3n) is 3.30. The van der Waals surface area contributed by atoms with Crippen LogP contribution in [0.4, 0.5) is 0 Å². The van der Waals surface area contributed by atoms with Gasteiger partial charge in [-0.05, 0) is 32.0 Å². The van der Waals surface area contributed by atoms with Crippen LogP contribution in [0.15, 0.2) is 22.8 Å². The van der Waals surface area contributed by atoms with Gasteiger partial charge in [-0.3, -0.25) is 0 Å². The van der Waals surface area contributed by atoms with Gasteiger partial charge < -0.3 is 9.73 Å². The maximum Gasteiger partial charge on any atom is 0.108 e. The molecule has 0 saturated heterocycles. The second-order valence-electron chi connectivity index (χ2n) is 4.16. The van der Waals surface area contributed by atoms with E-state index in [0.717, 1.165) is 5.76 Å². The fourth-order valence-electron chi connectivity index (χ4n) is 2.50. The first kappa shape index (κ1) is 9.78. The van der Waals surface area contributed by atoms with Gasteiger partial charge in [0.2, 0.25) is 0 Å². The Morgan fingerprint density at radius 1 is 1.29 bits per heavy atom. The van der Waals surface area contributed by atoms with Crippen LogP contribution < -0.4 is 5.32 Å². The Balaban J connectivity index is 2.12. The van der Waals surface area contributed by atoms with E-state index in [9.17, 15) is 0 Å².